The molecule has 9 heteroatoms. The maximum Gasteiger partial charge on any atom is 0.251 e. The van der Waals surface area contributed by atoms with Crippen molar-refractivity contribution in [1.82, 2.24) is 14.6 Å². The molecule has 0 aliphatic carbocycles. The Morgan fingerprint density at radius 1 is 1.19 bits per heavy atom. The number of carbonyl (C=O) groups excluding carboxylic acids is 2. The largest absolute Gasteiger partial charge is 0.365 e. The van der Waals surface area contributed by atoms with E-state index in [1.165, 1.54) is 23.1 Å². The van der Waals surface area contributed by atoms with Crippen molar-refractivity contribution in [1.29, 1.82) is 0 Å². The van der Waals surface area contributed by atoms with Crippen molar-refractivity contribution in [2.75, 3.05) is 5.32 Å². The summed E-state index contributed by atoms with van der Waals surface area (Å²) in [5.41, 5.74) is 10.8. The van der Waals surface area contributed by atoms with Crippen LogP contribution in [0.1, 0.15) is 45.3 Å². The van der Waals surface area contributed by atoms with Crippen molar-refractivity contribution in [2.24, 2.45) is 5.73 Å². The lowest BCUT2D eigenvalue weighted by Crippen LogP contribution is -2.26. The topological polar surface area (TPSA) is 102 Å². The molecule has 0 bridgehead atoms. The van der Waals surface area contributed by atoms with Gasteiger partial charge < -0.3 is 11.1 Å². The SMILES string of the molecule is CCC(Sc1nnc2cc(C)c3cccc(C)c3n12)C(=O)Nc1sc(C)c(C)c1C(N)=O. The predicted molar refractivity (Wildman–Crippen MR) is 131 cm³/mol. The minimum atomic E-state index is -0.538. The fraction of sp³-hybridized carbons (Fsp3) is 0.304. The summed E-state index contributed by atoms with van der Waals surface area (Å²) in [6, 6.07) is 8.20. The summed E-state index contributed by atoms with van der Waals surface area (Å²) < 4.78 is 2.02. The molecule has 0 aliphatic rings. The smallest absolute Gasteiger partial charge is 0.251 e. The molecule has 0 saturated carbocycles. The first-order chi connectivity index (χ1) is 15.2. The Hall–Kier alpha value is -2.91. The van der Waals surface area contributed by atoms with Gasteiger partial charge in [-0.2, -0.15) is 0 Å². The fourth-order valence-corrected chi connectivity index (χ4v) is 5.89. The van der Waals surface area contributed by atoms with Crippen LogP contribution in [-0.4, -0.2) is 31.7 Å². The van der Waals surface area contributed by atoms with Gasteiger partial charge in [-0.25, -0.2) is 0 Å². The van der Waals surface area contributed by atoms with Crippen LogP contribution in [0, 0.1) is 27.7 Å². The van der Waals surface area contributed by atoms with Crippen molar-refractivity contribution < 1.29 is 9.59 Å². The number of nitrogens with two attached hydrogens (primary N) is 1. The molecule has 1 aromatic carbocycles. The number of rotatable bonds is 6. The number of para-hydroxylation sites is 1. The zero-order valence-electron chi connectivity index (χ0n) is 18.6. The number of aryl methyl sites for hydroxylation is 3. The van der Waals surface area contributed by atoms with Gasteiger partial charge in [0.25, 0.3) is 5.91 Å². The average molecular weight is 468 g/mol. The number of thioether (sulfide) groups is 1. The summed E-state index contributed by atoms with van der Waals surface area (Å²) in [6.07, 6.45) is 0.587. The van der Waals surface area contributed by atoms with Crippen molar-refractivity contribution in [2.45, 2.75) is 51.4 Å². The number of benzene rings is 1. The number of primary amides is 1. The highest BCUT2D eigenvalue weighted by molar-refractivity contribution is 8.00. The van der Waals surface area contributed by atoms with E-state index in [1.807, 2.05) is 37.3 Å². The molecule has 32 heavy (non-hydrogen) atoms. The second-order valence-corrected chi connectivity index (χ2v) is 10.2. The summed E-state index contributed by atoms with van der Waals surface area (Å²) in [4.78, 5) is 26.0. The van der Waals surface area contributed by atoms with Crippen LogP contribution in [0.25, 0.3) is 16.6 Å². The molecule has 1 unspecified atom stereocenters. The second-order valence-electron chi connectivity index (χ2n) is 7.83. The molecular formula is C23H25N5O2S2. The van der Waals surface area contributed by atoms with E-state index < -0.39 is 11.2 Å². The number of hydrogen-bond acceptors (Lipinski definition) is 6. The normalized spacial score (nSPS) is 12.4. The fourth-order valence-electron chi connectivity index (χ4n) is 3.86. The summed E-state index contributed by atoms with van der Waals surface area (Å²) in [5, 5.41) is 13.6. The zero-order chi connectivity index (χ0) is 23.2. The molecule has 0 aliphatic heterocycles. The lowest BCUT2D eigenvalue weighted by atomic mass is 10.1. The van der Waals surface area contributed by atoms with E-state index in [1.54, 1.807) is 0 Å². The van der Waals surface area contributed by atoms with Crippen LogP contribution >= 0.6 is 23.1 Å². The number of hydrogen-bond donors (Lipinski definition) is 2. The number of nitrogens with one attached hydrogen (secondary N) is 1. The van der Waals surface area contributed by atoms with Gasteiger partial charge in [0.15, 0.2) is 10.8 Å². The van der Waals surface area contributed by atoms with Gasteiger partial charge in [-0.3, -0.25) is 14.0 Å². The predicted octanol–water partition coefficient (Wildman–Crippen LogP) is 4.79. The third kappa shape index (κ3) is 3.75. The highest BCUT2D eigenvalue weighted by atomic mass is 32.2. The molecule has 4 rings (SSSR count). The highest BCUT2D eigenvalue weighted by Crippen LogP contribution is 2.34. The van der Waals surface area contributed by atoms with E-state index in [4.69, 9.17) is 5.73 Å². The minimum absolute atomic E-state index is 0.189. The summed E-state index contributed by atoms with van der Waals surface area (Å²) in [6.45, 7) is 9.82. The Morgan fingerprint density at radius 3 is 2.62 bits per heavy atom. The molecule has 2 amide bonds. The molecule has 3 N–H and O–H groups in total. The van der Waals surface area contributed by atoms with Gasteiger partial charge in [0.1, 0.15) is 5.00 Å². The van der Waals surface area contributed by atoms with Gasteiger partial charge in [0, 0.05) is 10.3 Å². The molecule has 0 fully saturated rings. The van der Waals surface area contributed by atoms with Gasteiger partial charge in [-0.05, 0) is 56.9 Å². The molecule has 1 atom stereocenters. The first-order valence-electron chi connectivity index (χ1n) is 10.3. The number of anilines is 1. The molecule has 0 radical (unpaired) electrons. The van der Waals surface area contributed by atoms with Crippen LogP contribution in [0.15, 0.2) is 29.4 Å². The van der Waals surface area contributed by atoms with Crippen LogP contribution in [0.5, 0.6) is 0 Å². The number of nitrogens with zero attached hydrogens (tertiary/aromatic N) is 3. The molecule has 0 saturated heterocycles. The van der Waals surface area contributed by atoms with Crippen LogP contribution in [0.4, 0.5) is 5.00 Å². The molecule has 3 aromatic heterocycles. The van der Waals surface area contributed by atoms with Gasteiger partial charge in [0.2, 0.25) is 5.91 Å². The number of aromatic nitrogens is 3. The molecule has 166 valence electrons. The van der Waals surface area contributed by atoms with Crippen LogP contribution in [0.2, 0.25) is 0 Å². The van der Waals surface area contributed by atoms with E-state index in [-0.39, 0.29) is 5.91 Å². The third-order valence-corrected chi connectivity index (χ3v) is 8.10. The van der Waals surface area contributed by atoms with Gasteiger partial charge >= 0.3 is 0 Å². The van der Waals surface area contributed by atoms with Crippen LogP contribution in [-0.2, 0) is 4.79 Å². The number of amides is 2. The molecule has 7 nitrogen and oxygen atoms in total. The van der Waals surface area contributed by atoms with Crippen molar-refractivity contribution in [3.8, 4) is 0 Å². The molecule has 4 aromatic rings. The maximum atomic E-state index is 13.2. The Morgan fingerprint density at radius 2 is 1.94 bits per heavy atom. The average Bonchev–Trinajstić information content (AvgIpc) is 3.26. The summed E-state index contributed by atoms with van der Waals surface area (Å²) in [7, 11) is 0. The Balaban J connectivity index is 1.70. The second kappa shape index (κ2) is 8.55. The number of pyridine rings is 1. The first-order valence-corrected chi connectivity index (χ1v) is 12.0. The van der Waals surface area contributed by atoms with Crippen molar-refractivity contribution in [3.05, 3.63) is 51.4 Å². The van der Waals surface area contributed by atoms with Gasteiger partial charge in [0.05, 0.1) is 16.3 Å². The summed E-state index contributed by atoms with van der Waals surface area (Å²) in [5.74, 6) is -0.727. The monoisotopic (exact) mass is 467 g/mol. The maximum absolute atomic E-state index is 13.2. The Bertz CT molecular complexity index is 1370. The molecular weight excluding hydrogens is 442 g/mol. The standard InChI is InChI=1S/C23H25N5O2S2/c1-6-16(21(30)25-22-18(20(24)29)13(4)14(5)31-22)32-23-27-26-17-10-12(3)15-9-7-8-11(2)19(15)28(17)23/h7-10,16H,6H2,1-5H3,(H2,24,29)(H,25,30). The molecule has 0 spiro atoms. The Labute approximate surface area is 194 Å². The Kier molecular flexibility index (Phi) is 5.96. The van der Waals surface area contributed by atoms with E-state index in [9.17, 15) is 9.59 Å². The van der Waals surface area contributed by atoms with E-state index in [0.717, 1.165) is 38.1 Å². The minimum Gasteiger partial charge on any atom is -0.365 e. The lowest BCUT2D eigenvalue weighted by molar-refractivity contribution is -0.115. The van der Waals surface area contributed by atoms with Crippen molar-refractivity contribution >= 4 is 56.5 Å². The first kappa shape index (κ1) is 22.3. The number of fused-ring (bicyclic) bond motifs is 3. The van der Waals surface area contributed by atoms with E-state index >= 15 is 0 Å². The highest BCUT2D eigenvalue weighted by Gasteiger charge is 2.25. The lowest BCUT2D eigenvalue weighted by Gasteiger charge is -2.15. The number of carbonyl (C=O) groups is 2. The van der Waals surface area contributed by atoms with Crippen LogP contribution < -0.4 is 11.1 Å². The van der Waals surface area contributed by atoms with Gasteiger partial charge in [-0.1, -0.05) is 36.9 Å². The van der Waals surface area contributed by atoms with Crippen LogP contribution in [0.3, 0.4) is 0 Å². The van der Waals surface area contributed by atoms with E-state index in [0.29, 0.717) is 22.1 Å². The van der Waals surface area contributed by atoms with E-state index in [2.05, 4.69) is 41.5 Å². The zero-order valence-corrected chi connectivity index (χ0v) is 20.3. The van der Waals surface area contributed by atoms with Gasteiger partial charge in [-0.15, -0.1) is 21.5 Å². The molecule has 3 heterocycles. The third-order valence-electron chi connectivity index (χ3n) is 5.67. The van der Waals surface area contributed by atoms with Crippen molar-refractivity contribution in [3.63, 3.8) is 0 Å². The quantitative estimate of drug-likeness (QED) is 0.397. The number of thiophene rings is 1. The summed E-state index contributed by atoms with van der Waals surface area (Å²) >= 11 is 2.74.